The molecule has 1 aromatic heterocycles. The molecule has 9 heteroatoms. The number of rotatable bonds is 5. The zero-order chi connectivity index (χ0) is 17.5. The van der Waals surface area contributed by atoms with Crippen molar-refractivity contribution in [3.05, 3.63) is 68.8 Å². The highest BCUT2D eigenvalue weighted by molar-refractivity contribution is 6.41. The molecule has 0 fully saturated rings. The van der Waals surface area contributed by atoms with Gasteiger partial charge in [-0.25, -0.2) is 4.68 Å². The summed E-state index contributed by atoms with van der Waals surface area (Å²) in [6, 6.07) is 9.12. The van der Waals surface area contributed by atoms with E-state index in [1.54, 1.807) is 12.1 Å². The molecule has 0 aliphatic heterocycles. The molecule has 0 atom stereocenters. The van der Waals surface area contributed by atoms with E-state index in [4.69, 9.17) is 28.9 Å². The van der Waals surface area contributed by atoms with Gasteiger partial charge in [0.15, 0.2) is 0 Å². The fourth-order valence-corrected chi connectivity index (χ4v) is 1.94. The van der Waals surface area contributed by atoms with E-state index < -0.39 is 11.5 Å². The maximum Gasteiger partial charge on any atom is 0.287 e. The van der Waals surface area contributed by atoms with Gasteiger partial charge in [-0.2, -0.15) is 5.10 Å². The number of allylic oxidation sites excluding steroid dienone is 1. The van der Waals surface area contributed by atoms with Crippen LogP contribution in [-0.2, 0) is 11.3 Å². The Morgan fingerprint density at radius 1 is 1.33 bits per heavy atom. The molecule has 1 amide bonds. The fraction of sp³-hybridized carbons (Fsp3) is 0.0667. The molecule has 2 aromatic rings. The minimum absolute atomic E-state index is 0.0239. The van der Waals surface area contributed by atoms with Crippen LogP contribution in [-0.4, -0.2) is 21.9 Å². The van der Waals surface area contributed by atoms with Gasteiger partial charge >= 0.3 is 0 Å². The number of nitrogens with one attached hydrogen (secondary N) is 1. The first-order chi connectivity index (χ1) is 11.5. The molecule has 2 rings (SSSR count). The molecule has 7 nitrogen and oxygen atoms in total. The van der Waals surface area contributed by atoms with E-state index in [0.717, 1.165) is 4.68 Å². The summed E-state index contributed by atoms with van der Waals surface area (Å²) in [4.78, 5) is 28.0. The smallest absolute Gasteiger partial charge is 0.287 e. The summed E-state index contributed by atoms with van der Waals surface area (Å²) in [5, 5.41) is 6.10. The highest BCUT2D eigenvalue weighted by Gasteiger charge is 2.11. The lowest BCUT2D eigenvalue weighted by Crippen LogP contribution is -2.34. The largest absolute Gasteiger partial charge is 0.403 e. The summed E-state index contributed by atoms with van der Waals surface area (Å²) in [6.45, 7) is -0.341. The van der Waals surface area contributed by atoms with Gasteiger partial charge in [0.25, 0.3) is 5.56 Å². The Morgan fingerprint density at radius 2 is 2.04 bits per heavy atom. The number of aromatic nitrogens is 2. The molecule has 1 aromatic carbocycles. The predicted molar refractivity (Wildman–Crippen MR) is 93.5 cm³/mol. The monoisotopic (exact) mass is 365 g/mol. The van der Waals surface area contributed by atoms with Crippen molar-refractivity contribution in [3.8, 4) is 0 Å². The standard InChI is InChI=1S/C15H13Cl2N5O2/c16-12-8-20-22(15(24)14(12)17)9-13(23)21-11(6-18)7-19-10-4-2-1-3-5-10/h1-8H,9,18H2,(H,21,23)/b11-6+,19-7?. The van der Waals surface area contributed by atoms with Gasteiger partial charge < -0.3 is 11.1 Å². The first-order valence-electron chi connectivity index (χ1n) is 6.73. The van der Waals surface area contributed by atoms with E-state index in [0.29, 0.717) is 5.69 Å². The maximum absolute atomic E-state index is 12.0. The van der Waals surface area contributed by atoms with Crippen molar-refractivity contribution in [1.82, 2.24) is 15.1 Å². The summed E-state index contributed by atoms with van der Waals surface area (Å²) in [5.74, 6) is -0.515. The Labute approximate surface area is 147 Å². The summed E-state index contributed by atoms with van der Waals surface area (Å²) < 4.78 is 0.895. The molecule has 0 aliphatic carbocycles. The number of amides is 1. The van der Waals surface area contributed by atoms with Gasteiger partial charge in [0.05, 0.1) is 28.8 Å². The second-order valence-corrected chi connectivity index (χ2v) is 5.32. The van der Waals surface area contributed by atoms with Crippen LogP contribution in [0.1, 0.15) is 0 Å². The van der Waals surface area contributed by atoms with Gasteiger partial charge in [-0.05, 0) is 12.1 Å². The van der Waals surface area contributed by atoms with Crippen LogP contribution in [0.25, 0.3) is 0 Å². The summed E-state index contributed by atoms with van der Waals surface area (Å²) in [5.41, 5.74) is 5.78. The third-order valence-corrected chi connectivity index (χ3v) is 3.56. The second kappa shape index (κ2) is 8.28. The number of nitrogens with two attached hydrogens (primary N) is 1. The average molecular weight is 366 g/mol. The quantitative estimate of drug-likeness (QED) is 0.789. The van der Waals surface area contributed by atoms with Crippen LogP contribution in [0.5, 0.6) is 0 Å². The van der Waals surface area contributed by atoms with Gasteiger partial charge in [0.1, 0.15) is 11.6 Å². The molecule has 0 saturated heterocycles. The number of aliphatic imine (C=N–C) groups is 1. The first-order valence-corrected chi connectivity index (χ1v) is 7.49. The molecule has 24 heavy (non-hydrogen) atoms. The van der Waals surface area contributed by atoms with Crippen molar-refractivity contribution < 1.29 is 4.79 Å². The lowest BCUT2D eigenvalue weighted by atomic mass is 10.3. The minimum atomic E-state index is -0.657. The van der Waals surface area contributed by atoms with Crippen LogP contribution in [0, 0.1) is 0 Å². The third kappa shape index (κ3) is 4.68. The van der Waals surface area contributed by atoms with E-state index in [9.17, 15) is 9.59 Å². The zero-order valence-corrected chi connectivity index (χ0v) is 13.8. The molecule has 0 spiro atoms. The van der Waals surface area contributed by atoms with Gasteiger partial charge in [-0.1, -0.05) is 41.4 Å². The molecule has 0 aliphatic rings. The molecule has 1 heterocycles. The summed E-state index contributed by atoms with van der Waals surface area (Å²) >= 11 is 11.4. The molecule has 3 N–H and O–H groups in total. The van der Waals surface area contributed by atoms with Crippen LogP contribution < -0.4 is 16.6 Å². The van der Waals surface area contributed by atoms with Crippen molar-refractivity contribution >= 4 is 41.0 Å². The van der Waals surface area contributed by atoms with Gasteiger partial charge in [-0.15, -0.1) is 0 Å². The number of benzene rings is 1. The van der Waals surface area contributed by atoms with Crippen LogP contribution in [0.2, 0.25) is 10.0 Å². The van der Waals surface area contributed by atoms with Crippen molar-refractivity contribution in [1.29, 1.82) is 0 Å². The average Bonchev–Trinajstić information content (AvgIpc) is 2.60. The summed E-state index contributed by atoms with van der Waals surface area (Å²) in [7, 11) is 0. The minimum Gasteiger partial charge on any atom is -0.403 e. The number of carbonyl (C=O) groups excluding carboxylic acids is 1. The Morgan fingerprint density at radius 3 is 2.71 bits per heavy atom. The third-order valence-electron chi connectivity index (χ3n) is 2.81. The molecular weight excluding hydrogens is 353 g/mol. The van der Waals surface area contributed by atoms with E-state index in [2.05, 4.69) is 15.4 Å². The van der Waals surface area contributed by atoms with Gasteiger partial charge in [-0.3, -0.25) is 14.6 Å². The number of carbonyl (C=O) groups is 1. The Balaban J connectivity index is 2.04. The van der Waals surface area contributed by atoms with E-state index >= 15 is 0 Å². The lowest BCUT2D eigenvalue weighted by molar-refractivity contribution is -0.121. The molecule has 0 unspecified atom stereocenters. The van der Waals surface area contributed by atoms with Crippen molar-refractivity contribution in [2.24, 2.45) is 10.7 Å². The predicted octanol–water partition coefficient (Wildman–Crippen LogP) is 1.87. The first kappa shape index (κ1) is 17.7. The molecular formula is C15H13Cl2N5O2. The molecule has 0 bridgehead atoms. The topological polar surface area (TPSA) is 102 Å². The van der Waals surface area contributed by atoms with Crippen LogP contribution in [0.3, 0.4) is 0 Å². The lowest BCUT2D eigenvalue weighted by Gasteiger charge is -2.07. The van der Waals surface area contributed by atoms with Crippen LogP contribution >= 0.6 is 23.2 Å². The highest BCUT2D eigenvalue weighted by Crippen LogP contribution is 2.14. The normalized spacial score (nSPS) is 11.7. The van der Waals surface area contributed by atoms with E-state index in [-0.39, 0.29) is 22.3 Å². The Hall–Kier alpha value is -2.64. The fourth-order valence-electron chi connectivity index (χ4n) is 1.67. The number of hydrogen-bond donors (Lipinski definition) is 2. The maximum atomic E-state index is 12.0. The number of para-hydroxylation sites is 1. The number of hydrogen-bond acceptors (Lipinski definition) is 5. The number of halogens is 2. The van der Waals surface area contributed by atoms with Crippen molar-refractivity contribution in [2.75, 3.05) is 0 Å². The van der Waals surface area contributed by atoms with E-state index in [1.165, 1.54) is 18.6 Å². The SMILES string of the molecule is N/C=C(\C=Nc1ccccc1)NC(=O)Cn1ncc(Cl)c(Cl)c1=O. The van der Waals surface area contributed by atoms with Gasteiger partial charge in [0, 0.05) is 6.20 Å². The highest BCUT2D eigenvalue weighted by atomic mass is 35.5. The van der Waals surface area contributed by atoms with Crippen LogP contribution in [0.4, 0.5) is 5.69 Å². The number of nitrogens with zero attached hydrogens (tertiary/aromatic N) is 3. The molecule has 124 valence electrons. The molecule has 0 radical (unpaired) electrons. The van der Waals surface area contributed by atoms with E-state index in [1.807, 2.05) is 18.2 Å². The Kier molecular flexibility index (Phi) is 6.11. The molecule has 0 saturated carbocycles. The summed E-state index contributed by atoms with van der Waals surface area (Å²) in [6.07, 6.45) is 3.78. The Bertz CT molecular complexity index is 847. The van der Waals surface area contributed by atoms with Crippen LogP contribution in [0.15, 0.2) is 58.2 Å². The van der Waals surface area contributed by atoms with Crippen molar-refractivity contribution in [2.45, 2.75) is 6.54 Å². The zero-order valence-electron chi connectivity index (χ0n) is 12.3. The second-order valence-electron chi connectivity index (χ2n) is 4.53. The van der Waals surface area contributed by atoms with Gasteiger partial charge in [0.2, 0.25) is 5.91 Å². The van der Waals surface area contributed by atoms with Crippen molar-refractivity contribution in [3.63, 3.8) is 0 Å².